The molecule has 2 saturated heterocycles. The minimum atomic E-state index is -0.273. The van der Waals surface area contributed by atoms with Crippen molar-refractivity contribution in [1.82, 2.24) is 14.5 Å². The molecule has 41 heavy (non-hydrogen) atoms. The van der Waals surface area contributed by atoms with E-state index in [2.05, 4.69) is 82.3 Å². The van der Waals surface area contributed by atoms with Gasteiger partial charge in [0.05, 0.1) is 55.2 Å². The molecular formula is C32H43BrN4O4. The smallest absolute Gasteiger partial charge is 0.302 e. The maximum atomic E-state index is 11.7. The van der Waals surface area contributed by atoms with Crippen LogP contribution < -0.4 is 4.90 Å². The third kappa shape index (κ3) is 6.33. The normalized spacial score (nSPS) is 18.9. The maximum absolute atomic E-state index is 11.7. The van der Waals surface area contributed by atoms with Crippen LogP contribution in [0.4, 0.5) is 5.69 Å². The largest absolute Gasteiger partial charge is 0.465 e. The Morgan fingerprint density at radius 3 is 2.78 bits per heavy atom. The molecule has 0 radical (unpaired) electrons. The van der Waals surface area contributed by atoms with Crippen LogP contribution >= 0.6 is 15.9 Å². The molecule has 3 aromatic rings. The molecule has 2 fully saturated rings. The second-order valence-corrected chi connectivity index (χ2v) is 13.0. The van der Waals surface area contributed by atoms with Gasteiger partial charge in [-0.15, -0.1) is 0 Å². The van der Waals surface area contributed by atoms with E-state index in [1.807, 2.05) is 6.20 Å². The van der Waals surface area contributed by atoms with Crippen molar-refractivity contribution in [1.29, 1.82) is 0 Å². The fraction of sp³-hybridized carbons (Fsp3) is 0.562. The van der Waals surface area contributed by atoms with Gasteiger partial charge in [0.15, 0.2) is 0 Å². The second kappa shape index (κ2) is 12.4. The Hall–Kier alpha value is -2.46. The molecule has 1 aromatic carbocycles. The SMILES string of the molecule is CCn1c(-c2cc(N3CCN4CCOC[C@@H]4C3)cnc2C(C)OC)c(CC(C)(C)COC(C)=O)c2cc(Br)ccc21. The number of morpholine rings is 1. The summed E-state index contributed by atoms with van der Waals surface area (Å²) in [6.45, 7) is 16.7. The lowest BCUT2D eigenvalue weighted by Gasteiger charge is -2.44. The summed E-state index contributed by atoms with van der Waals surface area (Å²) in [5, 5.41) is 1.20. The number of rotatable bonds is 9. The Morgan fingerprint density at radius 1 is 1.24 bits per heavy atom. The van der Waals surface area contributed by atoms with E-state index in [9.17, 15) is 4.79 Å². The van der Waals surface area contributed by atoms with Gasteiger partial charge in [0, 0.05) is 73.1 Å². The van der Waals surface area contributed by atoms with Crippen LogP contribution in [0.1, 0.15) is 52.0 Å². The Morgan fingerprint density at radius 2 is 2.05 bits per heavy atom. The summed E-state index contributed by atoms with van der Waals surface area (Å²) in [6.07, 6.45) is 2.56. The molecule has 0 saturated carbocycles. The van der Waals surface area contributed by atoms with Gasteiger partial charge in [-0.3, -0.25) is 14.7 Å². The van der Waals surface area contributed by atoms with Crippen molar-refractivity contribution < 1.29 is 19.0 Å². The zero-order chi connectivity index (χ0) is 29.3. The van der Waals surface area contributed by atoms with Gasteiger partial charge in [0.2, 0.25) is 0 Å². The van der Waals surface area contributed by atoms with Crippen molar-refractivity contribution in [2.45, 2.75) is 59.7 Å². The van der Waals surface area contributed by atoms with E-state index in [0.29, 0.717) is 12.6 Å². The third-order valence-electron chi connectivity index (χ3n) is 8.47. The molecule has 1 unspecified atom stereocenters. The number of fused-ring (bicyclic) bond motifs is 2. The number of halogens is 1. The van der Waals surface area contributed by atoms with Crippen LogP contribution in [-0.4, -0.2) is 79.6 Å². The van der Waals surface area contributed by atoms with E-state index in [1.165, 1.54) is 23.4 Å². The summed E-state index contributed by atoms with van der Waals surface area (Å²) in [6, 6.07) is 9.21. The van der Waals surface area contributed by atoms with Crippen LogP contribution in [0.25, 0.3) is 22.2 Å². The first kappa shape index (κ1) is 30.0. The van der Waals surface area contributed by atoms with Gasteiger partial charge in [-0.05, 0) is 50.1 Å². The first-order valence-electron chi connectivity index (χ1n) is 14.7. The number of aromatic nitrogens is 2. The van der Waals surface area contributed by atoms with Gasteiger partial charge in [-0.2, -0.15) is 0 Å². The lowest BCUT2D eigenvalue weighted by Crippen LogP contribution is -2.58. The molecular weight excluding hydrogens is 584 g/mol. The number of pyridine rings is 1. The Balaban J connectivity index is 1.67. The monoisotopic (exact) mass is 626 g/mol. The van der Waals surface area contributed by atoms with Gasteiger partial charge < -0.3 is 23.7 Å². The second-order valence-electron chi connectivity index (χ2n) is 12.1. The number of carbonyl (C=O) groups excluding carboxylic acids is 1. The summed E-state index contributed by atoms with van der Waals surface area (Å²) in [7, 11) is 1.74. The van der Waals surface area contributed by atoms with Gasteiger partial charge in [-0.25, -0.2) is 0 Å². The lowest BCUT2D eigenvalue weighted by molar-refractivity contribution is -0.143. The number of methoxy groups -OCH3 is 1. The van der Waals surface area contributed by atoms with Gasteiger partial charge >= 0.3 is 5.97 Å². The van der Waals surface area contributed by atoms with Crippen molar-refractivity contribution in [2.24, 2.45) is 5.41 Å². The Kier molecular flexibility index (Phi) is 9.09. The van der Waals surface area contributed by atoms with Gasteiger partial charge in [0.1, 0.15) is 0 Å². The number of hydrogen-bond acceptors (Lipinski definition) is 7. The molecule has 2 aliphatic heterocycles. The zero-order valence-corrected chi connectivity index (χ0v) is 26.8. The quantitative estimate of drug-likeness (QED) is 0.276. The minimum absolute atomic E-state index is 0.181. The van der Waals surface area contributed by atoms with E-state index in [4.69, 9.17) is 19.2 Å². The fourth-order valence-corrected chi connectivity index (χ4v) is 6.64. The Labute approximate surface area is 252 Å². The topological polar surface area (TPSA) is 69.1 Å². The average molecular weight is 628 g/mol. The molecule has 0 bridgehead atoms. The number of hydrogen-bond donors (Lipinski definition) is 0. The summed E-state index contributed by atoms with van der Waals surface area (Å²) in [4.78, 5) is 21.8. The number of carbonyl (C=O) groups is 1. The average Bonchev–Trinajstić information content (AvgIpc) is 3.26. The number of benzene rings is 1. The van der Waals surface area contributed by atoms with E-state index in [-0.39, 0.29) is 17.5 Å². The predicted octanol–water partition coefficient (Wildman–Crippen LogP) is 5.85. The number of aryl methyl sites for hydroxylation is 1. The fourth-order valence-electron chi connectivity index (χ4n) is 6.28. The van der Waals surface area contributed by atoms with Crippen LogP contribution in [0.2, 0.25) is 0 Å². The van der Waals surface area contributed by atoms with Crippen LogP contribution in [0.15, 0.2) is 34.9 Å². The molecule has 9 heteroatoms. The van der Waals surface area contributed by atoms with Crippen molar-refractivity contribution in [3.8, 4) is 11.3 Å². The van der Waals surface area contributed by atoms with E-state index in [0.717, 1.165) is 79.5 Å². The standard InChI is InChI=1S/C32H43BrN4O4/c1-7-37-29-9-8-23(33)14-26(29)28(16-32(4,5)20-41-22(3)38)31(37)27-15-24(17-34-30(27)21(2)39-6)36-11-10-35-12-13-40-19-25(35)18-36/h8-9,14-15,17,21,25H,7,10-13,16,18-20H2,1-6H3/t21?,25-/m0/s1. The van der Waals surface area contributed by atoms with Crippen LogP contribution in [0.5, 0.6) is 0 Å². The number of esters is 1. The molecule has 0 amide bonds. The predicted molar refractivity (Wildman–Crippen MR) is 166 cm³/mol. The van der Waals surface area contributed by atoms with Crippen LogP contribution in [0.3, 0.4) is 0 Å². The van der Waals surface area contributed by atoms with Crippen molar-refractivity contribution in [3.05, 3.63) is 46.2 Å². The molecule has 0 N–H and O–H groups in total. The molecule has 2 atom stereocenters. The van der Waals surface area contributed by atoms with Gasteiger partial charge in [-0.1, -0.05) is 29.8 Å². The molecule has 8 nitrogen and oxygen atoms in total. The summed E-state index contributed by atoms with van der Waals surface area (Å²) in [5.41, 5.74) is 6.43. The van der Waals surface area contributed by atoms with Crippen LogP contribution in [-0.2, 0) is 32.0 Å². The number of piperazine rings is 1. The molecule has 2 aliphatic rings. The van der Waals surface area contributed by atoms with E-state index < -0.39 is 0 Å². The van der Waals surface area contributed by atoms with Crippen molar-refractivity contribution >= 4 is 38.5 Å². The molecule has 5 rings (SSSR count). The highest BCUT2D eigenvalue weighted by molar-refractivity contribution is 9.10. The summed E-state index contributed by atoms with van der Waals surface area (Å²) in [5.74, 6) is -0.256. The minimum Gasteiger partial charge on any atom is -0.465 e. The van der Waals surface area contributed by atoms with E-state index in [1.54, 1.807) is 7.11 Å². The molecule has 222 valence electrons. The molecule has 0 aliphatic carbocycles. The highest BCUT2D eigenvalue weighted by Gasteiger charge is 2.32. The Bertz CT molecular complexity index is 1400. The summed E-state index contributed by atoms with van der Waals surface area (Å²) >= 11 is 3.72. The van der Waals surface area contributed by atoms with Crippen LogP contribution in [0, 0.1) is 5.41 Å². The zero-order valence-electron chi connectivity index (χ0n) is 25.2. The molecule has 4 heterocycles. The van der Waals surface area contributed by atoms with Crippen molar-refractivity contribution in [3.63, 3.8) is 0 Å². The first-order valence-corrected chi connectivity index (χ1v) is 15.4. The highest BCUT2D eigenvalue weighted by Crippen LogP contribution is 2.42. The molecule has 2 aromatic heterocycles. The van der Waals surface area contributed by atoms with E-state index >= 15 is 0 Å². The lowest BCUT2D eigenvalue weighted by atomic mass is 9.84. The summed E-state index contributed by atoms with van der Waals surface area (Å²) < 4.78 is 20.6. The number of anilines is 1. The first-order chi connectivity index (χ1) is 19.6. The van der Waals surface area contributed by atoms with Gasteiger partial charge in [0.25, 0.3) is 0 Å². The maximum Gasteiger partial charge on any atom is 0.302 e. The number of ether oxygens (including phenoxy) is 3. The molecule has 0 spiro atoms. The number of nitrogens with zero attached hydrogens (tertiary/aromatic N) is 4. The third-order valence-corrected chi connectivity index (χ3v) is 8.96. The van der Waals surface area contributed by atoms with Crippen molar-refractivity contribution in [2.75, 3.05) is 58.0 Å². The highest BCUT2D eigenvalue weighted by atomic mass is 79.9.